The van der Waals surface area contributed by atoms with Crippen molar-refractivity contribution < 1.29 is 4.79 Å². The molecule has 5 heteroatoms. The maximum atomic E-state index is 11.8. The van der Waals surface area contributed by atoms with Crippen LogP contribution in [-0.4, -0.2) is 22.5 Å². The summed E-state index contributed by atoms with van der Waals surface area (Å²) in [5.41, 5.74) is 1.94. The van der Waals surface area contributed by atoms with Crippen molar-refractivity contribution in [3.63, 3.8) is 0 Å². The van der Waals surface area contributed by atoms with Gasteiger partial charge in [-0.3, -0.25) is 4.79 Å². The Hall–Kier alpha value is -1.88. The van der Waals surface area contributed by atoms with Gasteiger partial charge in [0.05, 0.1) is 5.69 Å². The van der Waals surface area contributed by atoms with Gasteiger partial charge in [0, 0.05) is 13.2 Å². The number of likely N-dealkylation sites (N-methyl/N-ethyl adjacent to an activating group) is 1. The summed E-state index contributed by atoms with van der Waals surface area (Å²) in [4.78, 5) is 14.7. The van der Waals surface area contributed by atoms with Crippen LogP contribution in [0.4, 0.5) is 0 Å². The van der Waals surface area contributed by atoms with Gasteiger partial charge in [-0.25, -0.2) is 0 Å². The smallest absolute Gasteiger partial charge is 0.242 e. The molecule has 2 aromatic rings. The molecule has 0 fully saturated rings. The predicted octanol–water partition coefficient (Wildman–Crippen LogP) is 2.52. The zero-order valence-electron chi connectivity index (χ0n) is 10.3. The second kappa shape index (κ2) is 5.18. The van der Waals surface area contributed by atoms with Gasteiger partial charge in [0.2, 0.25) is 5.91 Å². The Kier molecular flexibility index (Phi) is 3.62. The second-order valence-corrected chi connectivity index (χ2v) is 4.39. The quantitative estimate of drug-likeness (QED) is 0.834. The number of nitrogens with one attached hydrogen (secondary N) is 2. The van der Waals surface area contributed by atoms with E-state index in [0.717, 1.165) is 11.3 Å². The van der Waals surface area contributed by atoms with Crippen molar-refractivity contribution in [3.05, 3.63) is 41.3 Å². The van der Waals surface area contributed by atoms with Crippen LogP contribution in [0.2, 0.25) is 0 Å². The van der Waals surface area contributed by atoms with Gasteiger partial charge in [-0.15, -0.1) is 0 Å². The third-order valence-electron chi connectivity index (χ3n) is 2.89. The number of carbonyl (C=O) groups excluding carboxylic acids is 1. The standard InChI is InChI=1S/C13H15N3OS/c1-9(12(17)14-2)16-11(8-15-13(16)18)10-6-4-3-5-7-10/h3-9H,1-2H3,(H,14,17)(H,15,18). The van der Waals surface area contributed by atoms with Crippen LogP contribution in [0.5, 0.6) is 0 Å². The zero-order valence-corrected chi connectivity index (χ0v) is 11.1. The number of hydrogen-bond donors (Lipinski definition) is 2. The summed E-state index contributed by atoms with van der Waals surface area (Å²) in [6, 6.07) is 9.51. The summed E-state index contributed by atoms with van der Waals surface area (Å²) >= 11 is 5.24. The molecule has 1 amide bonds. The Morgan fingerprint density at radius 3 is 2.67 bits per heavy atom. The Morgan fingerprint density at radius 2 is 2.06 bits per heavy atom. The maximum Gasteiger partial charge on any atom is 0.242 e. The van der Waals surface area contributed by atoms with Crippen LogP contribution in [0, 0.1) is 4.77 Å². The predicted molar refractivity (Wildman–Crippen MR) is 73.8 cm³/mol. The lowest BCUT2D eigenvalue weighted by atomic mass is 10.1. The van der Waals surface area contributed by atoms with Crippen LogP contribution in [0.15, 0.2) is 36.5 Å². The number of benzene rings is 1. The minimum absolute atomic E-state index is 0.0668. The molecule has 1 unspecified atom stereocenters. The monoisotopic (exact) mass is 261 g/mol. The van der Waals surface area contributed by atoms with Crippen LogP contribution in [0.1, 0.15) is 13.0 Å². The number of hydrogen-bond acceptors (Lipinski definition) is 2. The largest absolute Gasteiger partial charge is 0.357 e. The first kappa shape index (κ1) is 12.6. The van der Waals surface area contributed by atoms with Gasteiger partial charge in [-0.05, 0) is 24.7 Å². The fourth-order valence-electron chi connectivity index (χ4n) is 1.92. The first-order chi connectivity index (χ1) is 8.65. The van der Waals surface area contributed by atoms with Crippen molar-refractivity contribution >= 4 is 18.1 Å². The molecule has 94 valence electrons. The molecular weight excluding hydrogens is 246 g/mol. The van der Waals surface area contributed by atoms with Gasteiger partial charge in [0.1, 0.15) is 6.04 Å². The zero-order chi connectivity index (χ0) is 13.1. The summed E-state index contributed by atoms with van der Waals surface area (Å²) in [6.07, 6.45) is 1.83. The minimum Gasteiger partial charge on any atom is -0.357 e. The number of H-pyrrole nitrogens is 1. The van der Waals surface area contributed by atoms with E-state index < -0.39 is 0 Å². The van der Waals surface area contributed by atoms with E-state index in [-0.39, 0.29) is 11.9 Å². The van der Waals surface area contributed by atoms with Crippen molar-refractivity contribution in [2.24, 2.45) is 0 Å². The van der Waals surface area contributed by atoms with Crippen LogP contribution in [-0.2, 0) is 4.79 Å². The molecule has 1 aromatic heterocycles. The first-order valence-electron chi connectivity index (χ1n) is 5.72. The second-order valence-electron chi connectivity index (χ2n) is 4.01. The first-order valence-corrected chi connectivity index (χ1v) is 6.13. The van der Waals surface area contributed by atoms with Crippen molar-refractivity contribution in [3.8, 4) is 11.3 Å². The van der Waals surface area contributed by atoms with E-state index in [1.807, 2.05) is 48.0 Å². The van der Waals surface area contributed by atoms with Gasteiger partial charge in [0.15, 0.2) is 4.77 Å². The molecule has 1 aromatic carbocycles. The molecule has 0 saturated carbocycles. The molecule has 0 aliphatic carbocycles. The highest BCUT2D eigenvalue weighted by atomic mass is 32.1. The normalized spacial score (nSPS) is 12.1. The summed E-state index contributed by atoms with van der Waals surface area (Å²) in [5, 5.41) is 2.64. The van der Waals surface area contributed by atoms with Gasteiger partial charge in [-0.2, -0.15) is 0 Å². The van der Waals surface area contributed by atoms with Crippen molar-refractivity contribution in [1.82, 2.24) is 14.9 Å². The Bertz CT molecular complexity index is 600. The van der Waals surface area contributed by atoms with Crippen LogP contribution in [0.3, 0.4) is 0 Å². The number of aromatic nitrogens is 2. The molecular formula is C13H15N3OS. The molecule has 2 rings (SSSR count). The lowest BCUT2D eigenvalue weighted by molar-refractivity contribution is -0.123. The van der Waals surface area contributed by atoms with Crippen molar-refractivity contribution in [2.45, 2.75) is 13.0 Å². The van der Waals surface area contributed by atoms with Crippen LogP contribution >= 0.6 is 12.2 Å². The highest BCUT2D eigenvalue weighted by Gasteiger charge is 2.18. The molecule has 4 nitrogen and oxygen atoms in total. The van der Waals surface area contributed by atoms with Crippen molar-refractivity contribution in [1.29, 1.82) is 0 Å². The van der Waals surface area contributed by atoms with Gasteiger partial charge in [0.25, 0.3) is 0 Å². The Labute approximate surface area is 111 Å². The third kappa shape index (κ3) is 2.22. The topological polar surface area (TPSA) is 49.8 Å². The van der Waals surface area contributed by atoms with E-state index in [4.69, 9.17) is 12.2 Å². The highest BCUT2D eigenvalue weighted by Crippen LogP contribution is 2.23. The number of nitrogens with zero attached hydrogens (tertiary/aromatic N) is 1. The van der Waals surface area contributed by atoms with E-state index in [0.29, 0.717) is 4.77 Å². The van der Waals surface area contributed by atoms with E-state index in [1.165, 1.54) is 0 Å². The number of amides is 1. The average Bonchev–Trinajstić information content (AvgIpc) is 2.80. The third-order valence-corrected chi connectivity index (χ3v) is 3.21. The summed E-state index contributed by atoms with van der Waals surface area (Å²) in [6.45, 7) is 1.83. The molecule has 0 bridgehead atoms. The summed E-state index contributed by atoms with van der Waals surface area (Å²) in [7, 11) is 1.62. The molecule has 0 aliphatic heterocycles. The molecule has 0 spiro atoms. The molecule has 18 heavy (non-hydrogen) atoms. The van der Waals surface area contributed by atoms with Crippen molar-refractivity contribution in [2.75, 3.05) is 7.05 Å². The lowest BCUT2D eigenvalue weighted by Crippen LogP contribution is -2.28. The molecule has 2 N–H and O–H groups in total. The number of imidazole rings is 1. The SMILES string of the molecule is CNC(=O)C(C)n1c(-c2ccccc2)c[nH]c1=S. The fraction of sp³-hybridized carbons (Fsp3) is 0.231. The lowest BCUT2D eigenvalue weighted by Gasteiger charge is -2.15. The Morgan fingerprint density at radius 1 is 1.39 bits per heavy atom. The summed E-state index contributed by atoms with van der Waals surface area (Å²) < 4.78 is 2.37. The minimum atomic E-state index is -0.344. The molecule has 0 aliphatic rings. The molecule has 0 radical (unpaired) electrons. The molecule has 1 atom stereocenters. The van der Waals surface area contributed by atoms with Gasteiger partial charge < -0.3 is 14.9 Å². The highest BCUT2D eigenvalue weighted by molar-refractivity contribution is 7.71. The van der Waals surface area contributed by atoms with Crippen LogP contribution in [0.25, 0.3) is 11.3 Å². The Balaban J connectivity index is 2.52. The van der Waals surface area contributed by atoms with E-state index in [1.54, 1.807) is 7.05 Å². The molecule has 1 heterocycles. The van der Waals surface area contributed by atoms with E-state index >= 15 is 0 Å². The number of rotatable bonds is 3. The van der Waals surface area contributed by atoms with Crippen LogP contribution < -0.4 is 5.32 Å². The maximum absolute atomic E-state index is 11.8. The van der Waals surface area contributed by atoms with E-state index in [9.17, 15) is 4.79 Å². The number of aromatic amines is 1. The fourth-order valence-corrected chi connectivity index (χ4v) is 2.24. The van der Waals surface area contributed by atoms with E-state index in [2.05, 4.69) is 10.3 Å². The van der Waals surface area contributed by atoms with Gasteiger partial charge >= 0.3 is 0 Å². The average molecular weight is 261 g/mol. The number of carbonyl (C=O) groups is 1. The van der Waals surface area contributed by atoms with Gasteiger partial charge in [-0.1, -0.05) is 30.3 Å². The summed E-state index contributed by atoms with van der Waals surface area (Å²) in [5.74, 6) is -0.0668. The molecule has 0 saturated heterocycles.